The monoisotopic (exact) mass is 155 g/mol. The molecule has 0 bridgehead atoms. The molecule has 60 valence electrons. The molecule has 1 fully saturated rings. The number of nitrogens with zero attached hydrogens (tertiary/aromatic N) is 1. The third kappa shape index (κ3) is 1.29. The summed E-state index contributed by atoms with van der Waals surface area (Å²) >= 11 is 0. The first-order valence-electron chi connectivity index (χ1n) is 3.55. The van der Waals surface area contributed by atoms with Crippen LogP contribution in [0.25, 0.3) is 0 Å². The van der Waals surface area contributed by atoms with E-state index in [1.165, 1.54) is 0 Å². The van der Waals surface area contributed by atoms with Gasteiger partial charge in [0.2, 0.25) is 17.7 Å². The molecule has 0 radical (unpaired) electrons. The summed E-state index contributed by atoms with van der Waals surface area (Å²) in [5.41, 5.74) is 0. The summed E-state index contributed by atoms with van der Waals surface area (Å²) in [5.74, 6) is -1.11. The summed E-state index contributed by atoms with van der Waals surface area (Å²) in [6.07, 6.45) is 0.576. The number of likely N-dealkylation sites (tertiary alicyclic amines) is 1. The number of imide groups is 3. The molecule has 1 aliphatic heterocycles. The van der Waals surface area contributed by atoms with Crippen molar-refractivity contribution < 1.29 is 14.4 Å². The topological polar surface area (TPSA) is 54.5 Å². The van der Waals surface area contributed by atoms with Gasteiger partial charge in [-0.25, -0.2) is 4.90 Å². The maximum Gasteiger partial charge on any atom is 0.236 e. The largest absolute Gasteiger partial charge is 0.274 e. The second-order valence-corrected chi connectivity index (χ2v) is 2.37. The predicted molar refractivity (Wildman–Crippen MR) is 36.4 cm³/mol. The molecule has 0 atom stereocenters. The number of hydrogen-bond donors (Lipinski definition) is 0. The van der Waals surface area contributed by atoms with Crippen molar-refractivity contribution in [1.29, 1.82) is 0 Å². The average Bonchev–Trinajstić information content (AvgIpc) is 2.30. The van der Waals surface area contributed by atoms with Crippen molar-refractivity contribution >= 4 is 17.7 Å². The van der Waals surface area contributed by atoms with E-state index in [0.29, 0.717) is 0 Å². The fourth-order valence-electron chi connectivity index (χ4n) is 1.01. The number of rotatable bonds is 1. The highest BCUT2D eigenvalue weighted by atomic mass is 16.2. The van der Waals surface area contributed by atoms with Crippen LogP contribution in [0.15, 0.2) is 0 Å². The van der Waals surface area contributed by atoms with Crippen molar-refractivity contribution in [2.45, 2.75) is 26.2 Å². The zero-order chi connectivity index (χ0) is 8.43. The Hall–Kier alpha value is -1.19. The van der Waals surface area contributed by atoms with Crippen LogP contribution < -0.4 is 0 Å². The van der Waals surface area contributed by atoms with Gasteiger partial charge in [0.25, 0.3) is 0 Å². The van der Waals surface area contributed by atoms with Gasteiger partial charge in [-0.05, 0) is 0 Å². The first-order valence-corrected chi connectivity index (χ1v) is 3.55. The lowest BCUT2D eigenvalue weighted by atomic mass is 10.4. The van der Waals surface area contributed by atoms with Crippen molar-refractivity contribution in [3.05, 3.63) is 0 Å². The maximum atomic E-state index is 10.9. The van der Waals surface area contributed by atoms with Gasteiger partial charge in [0.1, 0.15) is 0 Å². The van der Waals surface area contributed by atoms with E-state index in [1.54, 1.807) is 6.92 Å². The van der Waals surface area contributed by atoms with Gasteiger partial charge in [0, 0.05) is 19.3 Å². The molecule has 1 heterocycles. The fourth-order valence-corrected chi connectivity index (χ4v) is 1.01. The summed E-state index contributed by atoms with van der Waals surface area (Å²) in [5, 5.41) is 0. The molecule has 0 N–H and O–H groups in total. The van der Waals surface area contributed by atoms with Crippen LogP contribution in [0.5, 0.6) is 0 Å². The Labute approximate surface area is 64.2 Å². The van der Waals surface area contributed by atoms with E-state index >= 15 is 0 Å². The second-order valence-electron chi connectivity index (χ2n) is 2.37. The first kappa shape index (κ1) is 7.91. The standard InChI is InChI=1S/C7H9NO3/c1-2-5(9)8-6(10)3-4-7(8)11/h2-4H2,1H3. The molecular weight excluding hydrogens is 146 g/mol. The molecule has 0 saturated carbocycles. The second kappa shape index (κ2) is 2.82. The van der Waals surface area contributed by atoms with Gasteiger partial charge >= 0.3 is 0 Å². The van der Waals surface area contributed by atoms with Gasteiger partial charge in [-0.15, -0.1) is 0 Å². The van der Waals surface area contributed by atoms with Crippen molar-refractivity contribution in [3.8, 4) is 0 Å². The predicted octanol–water partition coefficient (Wildman–Crippen LogP) is 0.0720. The molecule has 1 rings (SSSR count). The van der Waals surface area contributed by atoms with E-state index in [9.17, 15) is 14.4 Å². The van der Waals surface area contributed by atoms with Crippen LogP contribution in [0.4, 0.5) is 0 Å². The molecule has 4 heteroatoms. The summed E-state index contributed by atoms with van der Waals surface area (Å²) in [6, 6.07) is 0. The maximum absolute atomic E-state index is 10.9. The highest BCUT2D eigenvalue weighted by molar-refractivity contribution is 6.14. The van der Waals surface area contributed by atoms with Crippen molar-refractivity contribution in [1.82, 2.24) is 4.90 Å². The number of hydrogen-bond acceptors (Lipinski definition) is 3. The first-order chi connectivity index (χ1) is 5.16. The summed E-state index contributed by atoms with van der Waals surface area (Å²) < 4.78 is 0. The van der Waals surface area contributed by atoms with Crippen LogP contribution in [0, 0.1) is 0 Å². The molecule has 3 amide bonds. The van der Waals surface area contributed by atoms with Crippen LogP contribution in [-0.2, 0) is 14.4 Å². The van der Waals surface area contributed by atoms with Gasteiger partial charge in [-0.1, -0.05) is 6.92 Å². The molecule has 11 heavy (non-hydrogen) atoms. The summed E-state index contributed by atoms with van der Waals surface area (Å²) in [4.78, 5) is 33.4. The van der Waals surface area contributed by atoms with Gasteiger partial charge in [-0.2, -0.15) is 0 Å². The van der Waals surface area contributed by atoms with Crippen LogP contribution in [0.3, 0.4) is 0 Å². The van der Waals surface area contributed by atoms with Gasteiger partial charge in [0.15, 0.2) is 0 Å². The lowest BCUT2D eigenvalue weighted by Gasteiger charge is -2.08. The minimum absolute atomic E-state index is 0.185. The van der Waals surface area contributed by atoms with Crippen molar-refractivity contribution in [3.63, 3.8) is 0 Å². The Balaban J connectivity index is 2.76. The van der Waals surface area contributed by atoms with Gasteiger partial charge < -0.3 is 0 Å². The highest BCUT2D eigenvalue weighted by Crippen LogP contribution is 2.12. The van der Waals surface area contributed by atoms with Gasteiger partial charge in [0.05, 0.1) is 0 Å². The molecule has 0 aliphatic carbocycles. The number of amides is 3. The van der Waals surface area contributed by atoms with Crippen LogP contribution in [-0.4, -0.2) is 22.6 Å². The molecule has 0 spiro atoms. The molecule has 1 aliphatic rings. The molecule has 4 nitrogen and oxygen atoms in total. The van der Waals surface area contributed by atoms with Crippen LogP contribution in [0.2, 0.25) is 0 Å². The van der Waals surface area contributed by atoms with E-state index in [-0.39, 0.29) is 31.1 Å². The fraction of sp³-hybridized carbons (Fsp3) is 0.571. The third-order valence-corrected chi connectivity index (χ3v) is 1.60. The Morgan fingerprint density at radius 1 is 1.36 bits per heavy atom. The molecule has 0 aromatic carbocycles. The summed E-state index contributed by atoms with van der Waals surface area (Å²) in [6.45, 7) is 1.63. The lowest BCUT2D eigenvalue weighted by molar-refractivity contribution is -0.149. The molecule has 0 aromatic rings. The van der Waals surface area contributed by atoms with Crippen LogP contribution in [0.1, 0.15) is 26.2 Å². The minimum Gasteiger partial charge on any atom is -0.274 e. The van der Waals surface area contributed by atoms with E-state index in [1.807, 2.05) is 0 Å². The Morgan fingerprint density at radius 3 is 2.18 bits per heavy atom. The Kier molecular flexibility index (Phi) is 2.03. The zero-order valence-electron chi connectivity index (χ0n) is 6.29. The minimum atomic E-state index is -0.391. The lowest BCUT2D eigenvalue weighted by Crippen LogP contribution is -2.34. The number of carbonyl (C=O) groups is 3. The molecule has 1 saturated heterocycles. The highest BCUT2D eigenvalue weighted by Gasteiger charge is 2.32. The van der Waals surface area contributed by atoms with E-state index in [4.69, 9.17) is 0 Å². The number of carbonyl (C=O) groups excluding carboxylic acids is 3. The Bertz CT molecular complexity index is 206. The van der Waals surface area contributed by atoms with Gasteiger partial charge in [-0.3, -0.25) is 14.4 Å². The normalized spacial score (nSPS) is 17.7. The smallest absolute Gasteiger partial charge is 0.236 e. The quantitative estimate of drug-likeness (QED) is 0.503. The SMILES string of the molecule is CCC(=O)N1C(=O)CCC1=O. The third-order valence-electron chi connectivity index (χ3n) is 1.60. The molecular formula is C7H9NO3. The van der Waals surface area contributed by atoms with E-state index in [2.05, 4.69) is 0 Å². The summed E-state index contributed by atoms with van der Waals surface area (Å²) in [7, 11) is 0. The van der Waals surface area contributed by atoms with Crippen molar-refractivity contribution in [2.75, 3.05) is 0 Å². The van der Waals surface area contributed by atoms with Crippen molar-refractivity contribution in [2.24, 2.45) is 0 Å². The molecule has 0 unspecified atom stereocenters. The average molecular weight is 155 g/mol. The molecule has 0 aromatic heterocycles. The van der Waals surface area contributed by atoms with E-state index < -0.39 is 5.91 Å². The van der Waals surface area contributed by atoms with Crippen LogP contribution >= 0.6 is 0 Å². The zero-order valence-corrected chi connectivity index (χ0v) is 6.29. The van der Waals surface area contributed by atoms with E-state index in [0.717, 1.165) is 4.90 Å². The Morgan fingerprint density at radius 2 is 1.82 bits per heavy atom.